The summed E-state index contributed by atoms with van der Waals surface area (Å²) in [5.41, 5.74) is 1.22. The molecule has 0 bridgehead atoms. The Kier molecular flexibility index (Phi) is 5.94. The highest BCUT2D eigenvalue weighted by Crippen LogP contribution is 2.16. The number of hydrogen-bond acceptors (Lipinski definition) is 4. The van der Waals surface area contributed by atoms with Gasteiger partial charge in [-0.25, -0.2) is 14.0 Å². The Bertz CT molecular complexity index is 850. The molecule has 0 fully saturated rings. The molecule has 0 aliphatic heterocycles. The lowest BCUT2D eigenvalue weighted by Crippen LogP contribution is -2.09. The minimum atomic E-state index is -0.556. The van der Waals surface area contributed by atoms with Gasteiger partial charge in [0.25, 0.3) is 0 Å². The molecule has 0 amide bonds. The van der Waals surface area contributed by atoms with Crippen LogP contribution in [0.2, 0.25) is 0 Å². The molecule has 0 saturated carbocycles. The molecule has 3 aromatic carbocycles. The molecule has 136 valence electrons. The van der Waals surface area contributed by atoms with Crippen LogP contribution in [0.3, 0.4) is 0 Å². The number of carbonyl (C=O) groups is 2. The van der Waals surface area contributed by atoms with Crippen molar-refractivity contribution in [3.8, 4) is 0 Å². The normalized spacial score (nSPS) is 10.3. The highest BCUT2D eigenvalue weighted by atomic mass is 19.1. The van der Waals surface area contributed by atoms with Crippen molar-refractivity contribution in [1.82, 2.24) is 0 Å². The molecule has 0 heterocycles. The fraction of sp³-hybridized carbons (Fsp3) is 0.0909. The van der Waals surface area contributed by atoms with Crippen molar-refractivity contribution in [3.05, 3.63) is 107 Å². The summed E-state index contributed by atoms with van der Waals surface area (Å²) >= 11 is 0. The second kappa shape index (κ2) is 8.76. The molecule has 0 saturated heterocycles. The third-order valence-corrected chi connectivity index (χ3v) is 3.90. The second-order valence-corrected chi connectivity index (χ2v) is 5.77. The van der Waals surface area contributed by atoms with Gasteiger partial charge in [0.2, 0.25) is 0 Å². The maximum Gasteiger partial charge on any atom is 0.338 e. The Hall–Kier alpha value is -3.47. The predicted molar refractivity (Wildman–Crippen MR) is 97.5 cm³/mol. The lowest BCUT2D eigenvalue weighted by atomic mass is 10.1. The van der Waals surface area contributed by atoms with Gasteiger partial charge >= 0.3 is 11.9 Å². The third kappa shape index (κ3) is 4.79. The maximum absolute atomic E-state index is 14.6. The van der Waals surface area contributed by atoms with E-state index in [1.807, 2.05) is 0 Å². The first kappa shape index (κ1) is 18.3. The fourth-order valence-electron chi connectivity index (χ4n) is 2.46. The smallest absolute Gasteiger partial charge is 0.338 e. The molecule has 27 heavy (non-hydrogen) atoms. The zero-order valence-electron chi connectivity index (χ0n) is 14.4. The second-order valence-electron chi connectivity index (χ2n) is 5.77. The van der Waals surface area contributed by atoms with Gasteiger partial charge in [0.15, 0.2) is 0 Å². The van der Waals surface area contributed by atoms with Crippen molar-refractivity contribution in [3.63, 3.8) is 0 Å². The highest BCUT2D eigenvalue weighted by molar-refractivity contribution is 5.89. The topological polar surface area (TPSA) is 52.6 Å². The number of benzene rings is 3. The van der Waals surface area contributed by atoms with Crippen LogP contribution in [0.1, 0.15) is 31.8 Å². The van der Waals surface area contributed by atoms with Crippen molar-refractivity contribution < 1.29 is 23.5 Å². The van der Waals surface area contributed by atoms with E-state index >= 15 is 0 Å². The van der Waals surface area contributed by atoms with Gasteiger partial charge in [-0.3, -0.25) is 0 Å². The van der Waals surface area contributed by atoms with Crippen LogP contribution < -0.4 is 0 Å². The van der Waals surface area contributed by atoms with Crippen LogP contribution in [0.4, 0.5) is 4.39 Å². The van der Waals surface area contributed by atoms with Crippen LogP contribution in [-0.2, 0) is 22.7 Å². The van der Waals surface area contributed by atoms with Crippen molar-refractivity contribution in [2.75, 3.05) is 0 Å². The molecule has 4 nitrogen and oxygen atoms in total. The lowest BCUT2D eigenvalue weighted by molar-refractivity contribution is 0.0466. The van der Waals surface area contributed by atoms with Crippen LogP contribution in [0, 0.1) is 5.82 Å². The summed E-state index contributed by atoms with van der Waals surface area (Å²) in [5, 5.41) is 0. The van der Waals surface area contributed by atoms with Crippen LogP contribution >= 0.6 is 0 Å². The minimum Gasteiger partial charge on any atom is -0.457 e. The van der Waals surface area contributed by atoms with Gasteiger partial charge in [-0.1, -0.05) is 54.6 Å². The van der Waals surface area contributed by atoms with Gasteiger partial charge in [0.05, 0.1) is 11.1 Å². The standard InChI is InChI=1S/C22H17FO4/c23-20-18(14-26-21(24)16-8-3-1-4-9-16)12-7-13-19(20)15-27-22(25)17-10-5-2-6-11-17/h1-13H,14-15H2. The van der Waals surface area contributed by atoms with Gasteiger partial charge in [-0.2, -0.15) is 0 Å². The number of hydrogen-bond donors (Lipinski definition) is 0. The van der Waals surface area contributed by atoms with Crippen molar-refractivity contribution in [1.29, 1.82) is 0 Å². The first-order valence-electron chi connectivity index (χ1n) is 8.36. The summed E-state index contributed by atoms with van der Waals surface area (Å²) in [4.78, 5) is 23.9. The molecule has 3 aromatic rings. The number of ether oxygens (including phenoxy) is 2. The van der Waals surface area contributed by atoms with Gasteiger partial charge < -0.3 is 9.47 Å². The molecule has 3 rings (SSSR count). The molecule has 0 spiro atoms. The molecule has 5 heteroatoms. The van der Waals surface area contributed by atoms with E-state index in [9.17, 15) is 14.0 Å². The average molecular weight is 364 g/mol. The summed E-state index contributed by atoms with van der Waals surface area (Å²) in [5.74, 6) is -1.62. The van der Waals surface area contributed by atoms with Gasteiger partial charge in [0.1, 0.15) is 19.0 Å². The molecule has 0 aliphatic rings. The first-order valence-corrected chi connectivity index (χ1v) is 8.36. The molecule has 0 radical (unpaired) electrons. The summed E-state index contributed by atoms with van der Waals surface area (Å²) in [6.45, 7) is -0.417. The highest BCUT2D eigenvalue weighted by Gasteiger charge is 2.13. The van der Waals surface area contributed by atoms with E-state index in [0.717, 1.165) is 0 Å². The largest absolute Gasteiger partial charge is 0.457 e. The van der Waals surface area contributed by atoms with E-state index in [0.29, 0.717) is 11.1 Å². The van der Waals surface area contributed by atoms with Crippen molar-refractivity contribution in [2.24, 2.45) is 0 Å². The van der Waals surface area contributed by atoms with Gasteiger partial charge in [0, 0.05) is 11.1 Å². The molecular weight excluding hydrogens is 347 g/mol. The maximum atomic E-state index is 14.6. The molecule has 0 atom stereocenters. The predicted octanol–water partition coefficient (Wildman–Crippen LogP) is 4.54. The monoisotopic (exact) mass is 364 g/mol. The molecular formula is C22H17FO4. The van der Waals surface area contributed by atoms with E-state index in [1.165, 1.54) is 12.1 Å². The summed E-state index contributed by atoms with van der Waals surface area (Å²) in [6.07, 6.45) is 0. The lowest BCUT2D eigenvalue weighted by Gasteiger charge is -2.10. The van der Waals surface area contributed by atoms with Crippen molar-refractivity contribution >= 4 is 11.9 Å². The van der Waals surface area contributed by atoms with Gasteiger partial charge in [-0.15, -0.1) is 0 Å². The Morgan fingerprint density at radius 2 is 1.04 bits per heavy atom. The molecule has 0 aliphatic carbocycles. The van der Waals surface area contributed by atoms with Gasteiger partial charge in [-0.05, 0) is 24.3 Å². The van der Waals surface area contributed by atoms with Crippen LogP contribution in [-0.4, -0.2) is 11.9 Å². The van der Waals surface area contributed by atoms with E-state index in [1.54, 1.807) is 66.7 Å². The van der Waals surface area contributed by atoms with E-state index in [-0.39, 0.29) is 24.3 Å². The van der Waals surface area contributed by atoms with Crippen LogP contribution in [0.25, 0.3) is 0 Å². The third-order valence-electron chi connectivity index (χ3n) is 3.90. The Balaban J connectivity index is 1.62. The van der Waals surface area contributed by atoms with Crippen LogP contribution in [0.15, 0.2) is 78.9 Å². The van der Waals surface area contributed by atoms with E-state index < -0.39 is 17.8 Å². The SMILES string of the molecule is O=C(OCc1cccc(COC(=O)c2ccccc2)c1F)c1ccccc1. The summed E-state index contributed by atoms with van der Waals surface area (Å²) in [6, 6.07) is 21.6. The van der Waals surface area contributed by atoms with E-state index in [4.69, 9.17) is 9.47 Å². The number of halogens is 1. The fourth-order valence-corrected chi connectivity index (χ4v) is 2.46. The average Bonchev–Trinajstić information content (AvgIpc) is 2.73. The number of esters is 2. The summed E-state index contributed by atoms with van der Waals surface area (Å²) in [7, 11) is 0. The van der Waals surface area contributed by atoms with E-state index in [2.05, 4.69) is 0 Å². The molecule has 0 N–H and O–H groups in total. The Morgan fingerprint density at radius 1 is 0.630 bits per heavy atom. The van der Waals surface area contributed by atoms with Crippen LogP contribution in [0.5, 0.6) is 0 Å². The zero-order chi connectivity index (χ0) is 19.1. The zero-order valence-corrected chi connectivity index (χ0v) is 14.4. The quantitative estimate of drug-likeness (QED) is 0.603. The Labute approximate surface area is 156 Å². The Morgan fingerprint density at radius 3 is 1.44 bits per heavy atom. The first-order chi connectivity index (χ1) is 13.1. The number of carbonyl (C=O) groups excluding carboxylic acids is 2. The molecule has 0 aromatic heterocycles. The van der Waals surface area contributed by atoms with Crippen molar-refractivity contribution in [2.45, 2.75) is 13.2 Å². The summed E-state index contributed by atoms with van der Waals surface area (Å²) < 4.78 is 24.9. The number of rotatable bonds is 6. The minimum absolute atomic E-state index is 0.208. The molecule has 0 unspecified atom stereocenters.